The van der Waals surface area contributed by atoms with Gasteiger partial charge in [-0.2, -0.15) is 0 Å². The Morgan fingerprint density at radius 2 is 1.77 bits per heavy atom. The quantitative estimate of drug-likeness (QED) is 0.744. The van der Waals surface area contributed by atoms with E-state index in [1.807, 2.05) is 12.1 Å². The van der Waals surface area contributed by atoms with Crippen molar-refractivity contribution in [2.75, 3.05) is 33.3 Å². The molecule has 4 heteroatoms. The van der Waals surface area contributed by atoms with E-state index in [1.54, 1.807) is 7.11 Å². The van der Waals surface area contributed by atoms with Crippen LogP contribution >= 0.6 is 0 Å². The van der Waals surface area contributed by atoms with E-state index in [9.17, 15) is 4.79 Å². The van der Waals surface area contributed by atoms with E-state index < -0.39 is 0 Å². The number of hydrogen-bond donors (Lipinski definition) is 0. The molecule has 0 spiro atoms. The number of rotatable bonds is 7. The third-order valence-electron chi connectivity index (χ3n) is 6.19. The lowest BCUT2D eigenvalue weighted by atomic mass is 9.90. The molecule has 0 saturated carbocycles. The molecule has 1 atom stereocenters. The Hall–Kier alpha value is -1.55. The van der Waals surface area contributed by atoms with Gasteiger partial charge in [0.25, 0.3) is 0 Å². The van der Waals surface area contributed by atoms with Crippen LogP contribution in [0.4, 0.5) is 0 Å². The number of likely N-dealkylation sites (tertiary alicyclic amines) is 2. The number of carbonyl (C=O) groups excluding carboxylic acids is 1. The van der Waals surface area contributed by atoms with Crippen molar-refractivity contribution in [3.05, 3.63) is 29.8 Å². The summed E-state index contributed by atoms with van der Waals surface area (Å²) < 4.78 is 5.24. The molecule has 4 nitrogen and oxygen atoms in total. The molecule has 0 bridgehead atoms. The number of methoxy groups -OCH3 is 1. The van der Waals surface area contributed by atoms with Crippen molar-refractivity contribution in [3.63, 3.8) is 0 Å². The number of piperidine rings is 1. The van der Waals surface area contributed by atoms with Gasteiger partial charge in [0, 0.05) is 25.6 Å². The van der Waals surface area contributed by atoms with Gasteiger partial charge in [0.05, 0.1) is 7.11 Å². The van der Waals surface area contributed by atoms with Gasteiger partial charge in [-0.1, -0.05) is 12.1 Å². The molecule has 1 aromatic rings. The molecule has 0 aromatic heterocycles. The van der Waals surface area contributed by atoms with Gasteiger partial charge in [-0.25, -0.2) is 0 Å². The van der Waals surface area contributed by atoms with Crippen LogP contribution in [0.5, 0.6) is 5.75 Å². The van der Waals surface area contributed by atoms with Gasteiger partial charge in [-0.05, 0) is 82.2 Å². The predicted molar refractivity (Wildman–Crippen MR) is 106 cm³/mol. The standard InChI is InChI=1S/C22H34N2O2/c1-18(17-20-5-8-21(26-2)9-6-20)23-15-11-19(12-16-23)7-10-22(25)24-13-3-4-14-24/h5-6,8-9,18-19H,3-4,7,10-17H2,1-2H3. The lowest BCUT2D eigenvalue weighted by Gasteiger charge is -2.36. The van der Waals surface area contributed by atoms with Crippen molar-refractivity contribution in [2.24, 2.45) is 5.92 Å². The number of ether oxygens (including phenoxy) is 1. The summed E-state index contributed by atoms with van der Waals surface area (Å²) in [6.45, 7) is 6.64. The maximum Gasteiger partial charge on any atom is 0.222 e. The molecule has 0 N–H and O–H groups in total. The van der Waals surface area contributed by atoms with Crippen molar-refractivity contribution in [3.8, 4) is 5.75 Å². The first-order valence-electron chi connectivity index (χ1n) is 10.3. The topological polar surface area (TPSA) is 32.8 Å². The van der Waals surface area contributed by atoms with Crippen LogP contribution < -0.4 is 4.74 Å². The second-order valence-electron chi connectivity index (χ2n) is 8.01. The second kappa shape index (κ2) is 9.40. The molecule has 0 aliphatic carbocycles. The highest BCUT2D eigenvalue weighted by atomic mass is 16.5. The average Bonchev–Trinajstić information content (AvgIpc) is 3.22. The molecule has 1 aromatic carbocycles. The molecular formula is C22H34N2O2. The molecule has 2 aliphatic rings. The summed E-state index contributed by atoms with van der Waals surface area (Å²) >= 11 is 0. The molecular weight excluding hydrogens is 324 g/mol. The minimum absolute atomic E-state index is 0.387. The van der Waals surface area contributed by atoms with E-state index in [1.165, 1.54) is 44.3 Å². The zero-order valence-electron chi connectivity index (χ0n) is 16.5. The van der Waals surface area contributed by atoms with Crippen molar-refractivity contribution in [1.29, 1.82) is 0 Å². The van der Waals surface area contributed by atoms with Crippen molar-refractivity contribution < 1.29 is 9.53 Å². The first-order chi connectivity index (χ1) is 12.7. The summed E-state index contributed by atoms with van der Waals surface area (Å²) in [4.78, 5) is 16.9. The first kappa shape index (κ1) is 19.2. The summed E-state index contributed by atoms with van der Waals surface area (Å²) in [6, 6.07) is 9.01. The number of benzene rings is 1. The van der Waals surface area contributed by atoms with Crippen LogP contribution in [0, 0.1) is 5.92 Å². The van der Waals surface area contributed by atoms with E-state index in [4.69, 9.17) is 4.74 Å². The van der Waals surface area contributed by atoms with E-state index in [2.05, 4.69) is 28.9 Å². The molecule has 3 rings (SSSR count). The zero-order valence-corrected chi connectivity index (χ0v) is 16.5. The lowest BCUT2D eigenvalue weighted by molar-refractivity contribution is -0.130. The molecule has 1 amide bonds. The third kappa shape index (κ3) is 5.23. The summed E-state index contributed by atoms with van der Waals surface area (Å²) in [5.41, 5.74) is 1.37. The maximum absolute atomic E-state index is 12.2. The third-order valence-corrected chi connectivity index (χ3v) is 6.19. The zero-order chi connectivity index (χ0) is 18.4. The fourth-order valence-electron chi connectivity index (χ4n) is 4.37. The molecule has 2 saturated heterocycles. The Kier molecular flexibility index (Phi) is 6.95. The number of carbonyl (C=O) groups is 1. The molecule has 1 unspecified atom stereocenters. The number of nitrogens with zero attached hydrogens (tertiary/aromatic N) is 2. The van der Waals surface area contributed by atoms with Crippen LogP contribution in [-0.2, 0) is 11.2 Å². The van der Waals surface area contributed by atoms with Crippen LogP contribution in [0.15, 0.2) is 24.3 Å². The molecule has 26 heavy (non-hydrogen) atoms. The van der Waals surface area contributed by atoms with Crippen molar-refractivity contribution in [1.82, 2.24) is 9.80 Å². The number of hydrogen-bond acceptors (Lipinski definition) is 3. The van der Waals surface area contributed by atoms with Crippen molar-refractivity contribution >= 4 is 5.91 Å². The Morgan fingerprint density at radius 1 is 1.12 bits per heavy atom. The number of amides is 1. The molecule has 2 fully saturated rings. The van der Waals surface area contributed by atoms with Crippen LogP contribution in [0.25, 0.3) is 0 Å². The first-order valence-corrected chi connectivity index (χ1v) is 10.3. The fourth-order valence-corrected chi connectivity index (χ4v) is 4.37. The Morgan fingerprint density at radius 3 is 2.38 bits per heavy atom. The summed E-state index contributed by atoms with van der Waals surface area (Å²) in [5.74, 6) is 2.04. The Labute approximate surface area is 158 Å². The monoisotopic (exact) mass is 358 g/mol. The summed E-state index contributed by atoms with van der Waals surface area (Å²) in [5, 5.41) is 0. The largest absolute Gasteiger partial charge is 0.497 e. The molecule has 2 heterocycles. The van der Waals surface area contributed by atoms with Gasteiger partial charge in [0.15, 0.2) is 0 Å². The smallest absolute Gasteiger partial charge is 0.222 e. The average molecular weight is 359 g/mol. The SMILES string of the molecule is COc1ccc(CC(C)N2CCC(CCC(=O)N3CCCC3)CC2)cc1. The van der Waals surface area contributed by atoms with Gasteiger partial charge >= 0.3 is 0 Å². The van der Waals surface area contributed by atoms with Crippen LogP contribution in [0.3, 0.4) is 0 Å². The minimum atomic E-state index is 0.387. The highest BCUT2D eigenvalue weighted by Crippen LogP contribution is 2.25. The second-order valence-corrected chi connectivity index (χ2v) is 8.01. The van der Waals surface area contributed by atoms with Crippen LogP contribution in [0.1, 0.15) is 51.0 Å². The predicted octanol–water partition coefficient (Wildman–Crippen LogP) is 3.74. The van der Waals surface area contributed by atoms with Crippen LogP contribution in [0.2, 0.25) is 0 Å². The summed E-state index contributed by atoms with van der Waals surface area (Å²) in [6.07, 6.45) is 7.77. The van der Waals surface area contributed by atoms with E-state index in [0.717, 1.165) is 44.0 Å². The van der Waals surface area contributed by atoms with Gasteiger partial charge in [0.1, 0.15) is 5.75 Å². The van der Waals surface area contributed by atoms with E-state index in [-0.39, 0.29) is 0 Å². The van der Waals surface area contributed by atoms with Crippen LogP contribution in [-0.4, -0.2) is 55.0 Å². The highest BCUT2D eigenvalue weighted by molar-refractivity contribution is 5.76. The van der Waals surface area contributed by atoms with Gasteiger partial charge < -0.3 is 14.5 Å². The fraction of sp³-hybridized carbons (Fsp3) is 0.682. The van der Waals surface area contributed by atoms with E-state index in [0.29, 0.717) is 11.9 Å². The minimum Gasteiger partial charge on any atom is -0.497 e. The van der Waals surface area contributed by atoms with Crippen molar-refractivity contribution in [2.45, 2.75) is 57.9 Å². The highest BCUT2D eigenvalue weighted by Gasteiger charge is 2.24. The Bertz CT molecular complexity index is 558. The van der Waals surface area contributed by atoms with Gasteiger partial charge in [-0.15, -0.1) is 0 Å². The normalized spacial score (nSPS) is 20.3. The van der Waals surface area contributed by atoms with Gasteiger partial charge in [-0.3, -0.25) is 4.79 Å². The van der Waals surface area contributed by atoms with E-state index >= 15 is 0 Å². The lowest BCUT2D eigenvalue weighted by Crippen LogP contribution is -2.41. The molecule has 0 radical (unpaired) electrons. The molecule has 2 aliphatic heterocycles. The Balaban J connectivity index is 1.37. The molecule has 144 valence electrons. The summed E-state index contributed by atoms with van der Waals surface area (Å²) in [7, 11) is 1.71. The maximum atomic E-state index is 12.2. The van der Waals surface area contributed by atoms with Gasteiger partial charge in [0.2, 0.25) is 5.91 Å².